The molecule has 0 atom stereocenters. The molecule has 0 aliphatic heterocycles. The number of rotatable bonds is 2. The molecule has 0 amide bonds. The number of hydrogen-bond acceptors (Lipinski definition) is 2. The van der Waals surface area contributed by atoms with Crippen molar-refractivity contribution >= 4 is 0 Å². The molecule has 2 heterocycles. The van der Waals surface area contributed by atoms with E-state index in [1.54, 1.807) is 0 Å². The van der Waals surface area contributed by atoms with Gasteiger partial charge in [-0.1, -0.05) is 0 Å². The van der Waals surface area contributed by atoms with Crippen LogP contribution in [0.15, 0.2) is 0 Å². The van der Waals surface area contributed by atoms with E-state index in [-0.39, 0.29) is 11.8 Å². The standard InChI is InChI=1S/C20H30N2O2/c1-9-11(3)21(7)13(5)15(9)17-19(23)18(20(17)24)16-10(2)12(4)22(8)14(16)6/h17-20,23-24H,1-8H3. The highest BCUT2D eigenvalue weighted by Crippen LogP contribution is 2.52. The lowest BCUT2D eigenvalue weighted by atomic mass is 9.62. The number of hydrogen-bond donors (Lipinski definition) is 2. The fraction of sp³-hybridized carbons (Fsp3) is 0.600. The van der Waals surface area contributed by atoms with Gasteiger partial charge in [0, 0.05) is 48.7 Å². The molecule has 0 bridgehead atoms. The Morgan fingerprint density at radius 2 is 0.875 bits per heavy atom. The van der Waals surface area contributed by atoms with Crippen molar-refractivity contribution in [2.75, 3.05) is 0 Å². The lowest BCUT2D eigenvalue weighted by Gasteiger charge is -2.47. The smallest absolute Gasteiger partial charge is 0.0728 e. The molecule has 0 spiro atoms. The quantitative estimate of drug-likeness (QED) is 0.889. The molecule has 2 N–H and O–H groups in total. The molecule has 0 aromatic carbocycles. The molecule has 1 saturated carbocycles. The molecular formula is C20H30N2O2. The normalized spacial score (nSPS) is 26.8. The van der Waals surface area contributed by atoms with Crippen molar-refractivity contribution in [3.8, 4) is 0 Å². The van der Waals surface area contributed by atoms with Gasteiger partial charge < -0.3 is 19.3 Å². The van der Waals surface area contributed by atoms with E-state index in [1.165, 1.54) is 22.5 Å². The van der Waals surface area contributed by atoms with Crippen molar-refractivity contribution in [2.24, 2.45) is 14.1 Å². The maximum Gasteiger partial charge on any atom is 0.0728 e. The van der Waals surface area contributed by atoms with Gasteiger partial charge in [-0.2, -0.15) is 0 Å². The van der Waals surface area contributed by atoms with Gasteiger partial charge in [-0.05, 0) is 63.8 Å². The third kappa shape index (κ3) is 1.99. The highest BCUT2D eigenvalue weighted by molar-refractivity contribution is 5.48. The Labute approximate surface area is 144 Å². The predicted octanol–water partition coefficient (Wildman–Crippen LogP) is 2.82. The van der Waals surface area contributed by atoms with Crippen LogP contribution in [0.2, 0.25) is 0 Å². The van der Waals surface area contributed by atoms with Crippen LogP contribution in [0, 0.1) is 41.5 Å². The van der Waals surface area contributed by atoms with E-state index in [1.807, 2.05) is 14.1 Å². The third-order valence-electron chi connectivity index (χ3n) is 6.82. The Morgan fingerprint density at radius 3 is 1.08 bits per heavy atom. The van der Waals surface area contributed by atoms with Gasteiger partial charge in [-0.3, -0.25) is 0 Å². The SMILES string of the molecule is Cc1c(C2C(O)C(c3c(C)c(C)n(C)c3C)C2O)c(C)n(C)c1C. The molecule has 1 fully saturated rings. The zero-order valence-electron chi connectivity index (χ0n) is 16.1. The van der Waals surface area contributed by atoms with Crippen molar-refractivity contribution in [1.82, 2.24) is 9.13 Å². The Bertz CT molecular complexity index is 685. The lowest BCUT2D eigenvalue weighted by Crippen LogP contribution is -2.52. The summed E-state index contributed by atoms with van der Waals surface area (Å²) in [4.78, 5) is 0. The summed E-state index contributed by atoms with van der Waals surface area (Å²) in [5.74, 6) is -0.400. The van der Waals surface area contributed by atoms with Gasteiger partial charge in [-0.15, -0.1) is 0 Å². The molecule has 0 unspecified atom stereocenters. The monoisotopic (exact) mass is 330 g/mol. The average molecular weight is 330 g/mol. The van der Waals surface area contributed by atoms with Crippen LogP contribution in [0.3, 0.4) is 0 Å². The second-order valence-corrected chi connectivity index (χ2v) is 7.57. The predicted molar refractivity (Wildman–Crippen MR) is 96.7 cm³/mol. The first-order valence-electron chi connectivity index (χ1n) is 8.72. The van der Waals surface area contributed by atoms with E-state index in [0.717, 1.165) is 22.5 Å². The summed E-state index contributed by atoms with van der Waals surface area (Å²) in [6.45, 7) is 12.5. The highest BCUT2D eigenvalue weighted by atomic mass is 16.3. The van der Waals surface area contributed by atoms with Crippen molar-refractivity contribution in [3.63, 3.8) is 0 Å². The summed E-state index contributed by atoms with van der Waals surface area (Å²) < 4.78 is 4.31. The van der Waals surface area contributed by atoms with Gasteiger partial charge >= 0.3 is 0 Å². The molecule has 4 nitrogen and oxygen atoms in total. The fourth-order valence-corrected chi connectivity index (χ4v) is 4.67. The molecule has 24 heavy (non-hydrogen) atoms. The Kier molecular flexibility index (Phi) is 3.97. The molecule has 2 aromatic heterocycles. The molecule has 132 valence electrons. The van der Waals surface area contributed by atoms with Crippen LogP contribution < -0.4 is 0 Å². The molecule has 3 rings (SSSR count). The van der Waals surface area contributed by atoms with E-state index < -0.39 is 12.2 Å². The van der Waals surface area contributed by atoms with Crippen LogP contribution >= 0.6 is 0 Å². The minimum absolute atomic E-state index is 0.200. The summed E-state index contributed by atoms with van der Waals surface area (Å²) >= 11 is 0. The molecule has 2 aromatic rings. The van der Waals surface area contributed by atoms with Gasteiger partial charge in [0.1, 0.15) is 0 Å². The van der Waals surface area contributed by atoms with E-state index in [4.69, 9.17) is 0 Å². The summed E-state index contributed by atoms with van der Waals surface area (Å²) in [6.07, 6.45) is -1.09. The van der Waals surface area contributed by atoms with Crippen LogP contribution in [0.4, 0.5) is 0 Å². The van der Waals surface area contributed by atoms with Gasteiger partial charge in [0.25, 0.3) is 0 Å². The minimum atomic E-state index is -0.543. The van der Waals surface area contributed by atoms with Crippen LogP contribution in [0.1, 0.15) is 56.9 Å². The van der Waals surface area contributed by atoms with Gasteiger partial charge in [0.2, 0.25) is 0 Å². The second-order valence-electron chi connectivity index (χ2n) is 7.57. The lowest BCUT2D eigenvalue weighted by molar-refractivity contribution is -0.0793. The van der Waals surface area contributed by atoms with Gasteiger partial charge in [0.15, 0.2) is 0 Å². The fourth-order valence-electron chi connectivity index (χ4n) is 4.67. The van der Waals surface area contributed by atoms with E-state index in [9.17, 15) is 10.2 Å². The van der Waals surface area contributed by atoms with Gasteiger partial charge in [-0.25, -0.2) is 0 Å². The summed E-state index contributed by atoms with van der Waals surface area (Å²) in [7, 11) is 4.09. The molecule has 1 aliphatic carbocycles. The van der Waals surface area contributed by atoms with Crippen molar-refractivity contribution in [3.05, 3.63) is 45.0 Å². The first-order valence-corrected chi connectivity index (χ1v) is 8.72. The summed E-state index contributed by atoms with van der Waals surface area (Å²) in [6, 6.07) is 0. The Balaban J connectivity index is 2.03. The third-order valence-corrected chi connectivity index (χ3v) is 6.82. The van der Waals surface area contributed by atoms with Crippen LogP contribution in [0.25, 0.3) is 0 Å². The molecule has 0 radical (unpaired) electrons. The number of nitrogens with zero attached hydrogens (tertiary/aromatic N) is 2. The summed E-state index contributed by atoms with van der Waals surface area (Å²) in [5.41, 5.74) is 9.31. The molecular weight excluding hydrogens is 300 g/mol. The zero-order chi connectivity index (χ0) is 18.1. The van der Waals surface area contributed by atoms with Crippen LogP contribution in [-0.2, 0) is 14.1 Å². The van der Waals surface area contributed by atoms with Crippen LogP contribution in [0.5, 0.6) is 0 Å². The Hall–Kier alpha value is -1.52. The number of aliphatic hydroxyl groups is 2. The zero-order valence-corrected chi connectivity index (χ0v) is 16.1. The molecule has 4 heteroatoms. The van der Waals surface area contributed by atoms with Crippen molar-refractivity contribution < 1.29 is 10.2 Å². The van der Waals surface area contributed by atoms with Crippen molar-refractivity contribution in [1.29, 1.82) is 0 Å². The molecule has 1 aliphatic rings. The number of aliphatic hydroxyl groups excluding tert-OH is 2. The maximum atomic E-state index is 11.0. The number of aromatic nitrogens is 2. The topological polar surface area (TPSA) is 50.3 Å². The second kappa shape index (κ2) is 5.50. The maximum absolute atomic E-state index is 11.0. The first kappa shape index (κ1) is 17.3. The van der Waals surface area contributed by atoms with Crippen molar-refractivity contribution in [2.45, 2.75) is 65.6 Å². The van der Waals surface area contributed by atoms with E-state index >= 15 is 0 Å². The van der Waals surface area contributed by atoms with E-state index in [0.29, 0.717) is 0 Å². The van der Waals surface area contributed by atoms with Crippen LogP contribution in [-0.4, -0.2) is 31.6 Å². The average Bonchev–Trinajstić information content (AvgIpc) is 2.85. The van der Waals surface area contributed by atoms with E-state index in [2.05, 4.69) is 50.7 Å². The molecule has 0 saturated heterocycles. The minimum Gasteiger partial charge on any atom is -0.392 e. The summed E-state index contributed by atoms with van der Waals surface area (Å²) in [5, 5.41) is 21.9. The largest absolute Gasteiger partial charge is 0.392 e. The first-order chi connectivity index (χ1) is 11.1. The highest BCUT2D eigenvalue weighted by Gasteiger charge is 2.53. The van der Waals surface area contributed by atoms with Gasteiger partial charge in [0.05, 0.1) is 12.2 Å². The Morgan fingerprint density at radius 1 is 0.583 bits per heavy atom.